The average Bonchev–Trinajstić information content (AvgIpc) is 2.82. The van der Waals surface area contributed by atoms with Crippen LogP contribution in [0.1, 0.15) is 27.0 Å². The quantitative estimate of drug-likeness (QED) is 0.884. The second-order valence-corrected chi connectivity index (χ2v) is 5.56. The number of carbonyl (C=O) groups excluding carboxylic acids is 1. The maximum Gasteiger partial charge on any atom is 0.387 e. The van der Waals surface area contributed by atoms with Gasteiger partial charge < -0.3 is 10.1 Å². The van der Waals surface area contributed by atoms with Crippen LogP contribution in [0.15, 0.2) is 30.3 Å². The molecule has 0 radical (unpaired) electrons. The summed E-state index contributed by atoms with van der Waals surface area (Å²) in [4.78, 5) is 13.9. The number of amides is 1. The molecule has 1 N–H and O–H groups in total. The van der Waals surface area contributed by atoms with Crippen molar-refractivity contribution >= 4 is 22.9 Å². The molecule has 1 aromatic heterocycles. The number of halogens is 2. The first-order valence-corrected chi connectivity index (χ1v) is 7.26. The van der Waals surface area contributed by atoms with Gasteiger partial charge in [-0.05, 0) is 49.2 Å². The predicted molar refractivity (Wildman–Crippen MR) is 79.5 cm³/mol. The maximum absolute atomic E-state index is 12.1. The lowest BCUT2D eigenvalue weighted by atomic mass is 10.2. The first-order valence-electron chi connectivity index (χ1n) is 6.45. The SMILES string of the molecule is CCc1sc(C(=O)Nc2ccc(OC(F)F)cc2)cc1C. The van der Waals surface area contributed by atoms with E-state index >= 15 is 0 Å². The highest BCUT2D eigenvalue weighted by Gasteiger charge is 2.12. The normalized spacial score (nSPS) is 10.7. The number of nitrogens with one attached hydrogen (secondary N) is 1. The van der Waals surface area contributed by atoms with Crippen LogP contribution >= 0.6 is 11.3 Å². The van der Waals surface area contributed by atoms with E-state index in [1.54, 1.807) is 0 Å². The molecular formula is C15H15F2NO2S. The molecule has 0 aliphatic carbocycles. The number of rotatable bonds is 5. The summed E-state index contributed by atoms with van der Waals surface area (Å²) in [6.07, 6.45) is 0.892. The predicted octanol–water partition coefficient (Wildman–Crippen LogP) is 4.47. The van der Waals surface area contributed by atoms with Gasteiger partial charge >= 0.3 is 6.61 Å². The van der Waals surface area contributed by atoms with Gasteiger partial charge in [0.15, 0.2) is 0 Å². The summed E-state index contributed by atoms with van der Waals surface area (Å²) >= 11 is 1.46. The van der Waals surface area contributed by atoms with Crippen LogP contribution in [0.25, 0.3) is 0 Å². The summed E-state index contributed by atoms with van der Waals surface area (Å²) in [5.74, 6) is -0.145. The van der Waals surface area contributed by atoms with E-state index in [1.807, 2.05) is 19.9 Å². The number of aryl methyl sites for hydroxylation is 2. The van der Waals surface area contributed by atoms with E-state index in [9.17, 15) is 13.6 Å². The van der Waals surface area contributed by atoms with E-state index in [-0.39, 0.29) is 11.7 Å². The lowest BCUT2D eigenvalue weighted by Gasteiger charge is -2.06. The van der Waals surface area contributed by atoms with E-state index in [0.717, 1.165) is 12.0 Å². The van der Waals surface area contributed by atoms with Crippen molar-refractivity contribution in [2.75, 3.05) is 5.32 Å². The Kier molecular flexibility index (Phi) is 4.90. The first kappa shape index (κ1) is 15.4. The Morgan fingerprint density at radius 3 is 2.52 bits per heavy atom. The van der Waals surface area contributed by atoms with Crippen molar-refractivity contribution in [1.82, 2.24) is 0 Å². The molecule has 0 atom stereocenters. The van der Waals surface area contributed by atoms with E-state index < -0.39 is 6.61 Å². The van der Waals surface area contributed by atoms with E-state index in [2.05, 4.69) is 10.1 Å². The Labute approximate surface area is 125 Å². The summed E-state index contributed by atoms with van der Waals surface area (Å²) in [6.45, 7) is 1.16. The van der Waals surface area contributed by atoms with Gasteiger partial charge in [-0.1, -0.05) is 6.92 Å². The zero-order valence-corrected chi connectivity index (χ0v) is 12.5. The van der Waals surface area contributed by atoms with Gasteiger partial charge in [-0.3, -0.25) is 4.79 Å². The van der Waals surface area contributed by atoms with Crippen molar-refractivity contribution in [3.63, 3.8) is 0 Å². The zero-order valence-electron chi connectivity index (χ0n) is 11.7. The number of alkyl halides is 2. The van der Waals surface area contributed by atoms with Crippen molar-refractivity contribution in [2.24, 2.45) is 0 Å². The van der Waals surface area contributed by atoms with Gasteiger partial charge in [-0.15, -0.1) is 11.3 Å². The largest absolute Gasteiger partial charge is 0.435 e. The minimum absolute atomic E-state index is 0.0586. The third-order valence-corrected chi connectivity index (χ3v) is 4.28. The molecule has 2 rings (SSSR count). The van der Waals surface area contributed by atoms with Gasteiger partial charge in [0.05, 0.1) is 4.88 Å². The molecule has 3 nitrogen and oxygen atoms in total. The lowest BCUT2D eigenvalue weighted by Crippen LogP contribution is -2.10. The Hall–Kier alpha value is -1.95. The standard InChI is InChI=1S/C15H15F2NO2S/c1-3-12-9(2)8-13(21-12)14(19)18-10-4-6-11(7-5-10)20-15(16)17/h4-8,15H,3H2,1-2H3,(H,18,19). The Morgan fingerprint density at radius 1 is 1.33 bits per heavy atom. The number of carbonyl (C=O) groups is 1. The van der Waals surface area contributed by atoms with E-state index in [4.69, 9.17) is 0 Å². The average molecular weight is 311 g/mol. The minimum atomic E-state index is -2.85. The van der Waals surface area contributed by atoms with Crippen LogP contribution in [0, 0.1) is 6.92 Å². The number of thiophene rings is 1. The fraction of sp³-hybridized carbons (Fsp3) is 0.267. The molecule has 112 valence electrons. The van der Waals surface area contributed by atoms with Crippen LogP contribution in [0.2, 0.25) is 0 Å². The summed E-state index contributed by atoms with van der Waals surface area (Å²) in [6, 6.07) is 7.68. The third-order valence-electron chi connectivity index (χ3n) is 2.90. The molecule has 1 aromatic carbocycles. The second-order valence-electron chi connectivity index (χ2n) is 4.43. The molecule has 1 heterocycles. The van der Waals surface area contributed by atoms with Crippen molar-refractivity contribution in [1.29, 1.82) is 0 Å². The molecular weight excluding hydrogens is 296 g/mol. The van der Waals surface area contributed by atoms with Crippen molar-refractivity contribution in [3.8, 4) is 5.75 Å². The van der Waals surface area contributed by atoms with Gasteiger partial charge in [0.25, 0.3) is 5.91 Å². The van der Waals surface area contributed by atoms with E-state index in [1.165, 1.54) is 40.5 Å². The molecule has 0 saturated heterocycles. The van der Waals surface area contributed by atoms with Gasteiger partial charge in [0.2, 0.25) is 0 Å². The number of ether oxygens (including phenoxy) is 1. The van der Waals surface area contributed by atoms with Crippen molar-refractivity contribution in [2.45, 2.75) is 26.9 Å². The molecule has 0 fully saturated rings. The van der Waals surface area contributed by atoms with Crippen molar-refractivity contribution < 1.29 is 18.3 Å². The number of hydrogen-bond acceptors (Lipinski definition) is 3. The van der Waals surface area contributed by atoms with Crippen LogP contribution in [0.4, 0.5) is 14.5 Å². The summed E-state index contributed by atoms with van der Waals surface area (Å²) < 4.78 is 28.3. The van der Waals surface area contributed by atoms with Gasteiger partial charge in [-0.2, -0.15) is 8.78 Å². The van der Waals surface area contributed by atoms with Gasteiger partial charge in [-0.25, -0.2) is 0 Å². The maximum atomic E-state index is 12.1. The van der Waals surface area contributed by atoms with Gasteiger partial charge in [0, 0.05) is 10.6 Å². The molecule has 0 aliphatic heterocycles. The fourth-order valence-electron chi connectivity index (χ4n) is 1.90. The van der Waals surface area contributed by atoms with Crippen LogP contribution in [-0.2, 0) is 6.42 Å². The zero-order chi connectivity index (χ0) is 15.4. The highest BCUT2D eigenvalue weighted by Crippen LogP contribution is 2.24. The number of hydrogen-bond donors (Lipinski definition) is 1. The molecule has 1 amide bonds. The molecule has 0 spiro atoms. The summed E-state index contributed by atoms with van der Waals surface area (Å²) in [5.41, 5.74) is 1.64. The molecule has 21 heavy (non-hydrogen) atoms. The number of anilines is 1. The van der Waals surface area contributed by atoms with Crippen LogP contribution in [0.3, 0.4) is 0 Å². The number of benzene rings is 1. The van der Waals surface area contributed by atoms with Crippen molar-refractivity contribution in [3.05, 3.63) is 45.6 Å². The monoisotopic (exact) mass is 311 g/mol. The molecule has 6 heteroatoms. The Balaban J connectivity index is 2.05. The minimum Gasteiger partial charge on any atom is -0.435 e. The second kappa shape index (κ2) is 6.67. The first-order chi connectivity index (χ1) is 9.99. The third kappa shape index (κ3) is 4.01. The molecule has 0 aliphatic rings. The molecule has 0 bridgehead atoms. The van der Waals surface area contributed by atoms with Crippen LogP contribution in [0.5, 0.6) is 5.75 Å². The van der Waals surface area contributed by atoms with Gasteiger partial charge in [0.1, 0.15) is 5.75 Å². The summed E-state index contributed by atoms with van der Waals surface area (Å²) in [5, 5.41) is 2.73. The highest BCUT2D eigenvalue weighted by atomic mass is 32.1. The lowest BCUT2D eigenvalue weighted by molar-refractivity contribution is -0.0498. The van der Waals surface area contributed by atoms with Crippen LogP contribution in [-0.4, -0.2) is 12.5 Å². The Morgan fingerprint density at radius 2 is 2.00 bits per heavy atom. The fourth-order valence-corrected chi connectivity index (χ4v) is 2.90. The Bertz CT molecular complexity index is 623. The molecule has 2 aromatic rings. The molecule has 0 saturated carbocycles. The van der Waals surface area contributed by atoms with Crippen LogP contribution < -0.4 is 10.1 Å². The highest BCUT2D eigenvalue weighted by molar-refractivity contribution is 7.14. The summed E-state index contributed by atoms with van der Waals surface area (Å²) in [7, 11) is 0. The molecule has 0 unspecified atom stereocenters. The topological polar surface area (TPSA) is 38.3 Å². The smallest absolute Gasteiger partial charge is 0.387 e. The van der Waals surface area contributed by atoms with E-state index in [0.29, 0.717) is 10.6 Å².